The van der Waals surface area contributed by atoms with Crippen molar-refractivity contribution in [2.24, 2.45) is 0 Å². The molecule has 0 aliphatic rings. The Hall–Kier alpha value is -2.41. The van der Waals surface area contributed by atoms with Crippen molar-refractivity contribution < 1.29 is 9.21 Å². The molecule has 7 heteroatoms. The monoisotopic (exact) mass is 472 g/mol. The summed E-state index contributed by atoms with van der Waals surface area (Å²) in [7, 11) is 0. The first-order valence-electron chi connectivity index (χ1n) is 8.39. The minimum atomic E-state index is -0.345. The molecule has 1 N–H and O–H groups in total. The minimum absolute atomic E-state index is 0.217. The first-order chi connectivity index (χ1) is 13.5. The number of anilines is 1. The SMILES string of the molecule is Cc1c(Cl)cccc1-c1ccc(C(=O)Nc2nc(-c3ccc(Br)cc3)cs2)o1. The highest BCUT2D eigenvalue weighted by atomic mass is 79.9. The van der Waals surface area contributed by atoms with Crippen molar-refractivity contribution >= 4 is 49.9 Å². The van der Waals surface area contributed by atoms with Gasteiger partial charge in [0, 0.05) is 26.0 Å². The predicted molar refractivity (Wildman–Crippen MR) is 117 cm³/mol. The molecule has 1 amide bonds. The summed E-state index contributed by atoms with van der Waals surface area (Å²) in [5, 5.41) is 5.86. The van der Waals surface area contributed by atoms with Gasteiger partial charge in [-0.15, -0.1) is 11.3 Å². The normalized spacial score (nSPS) is 10.8. The highest BCUT2D eigenvalue weighted by Crippen LogP contribution is 2.30. The first-order valence-corrected chi connectivity index (χ1v) is 10.4. The van der Waals surface area contributed by atoms with E-state index in [4.69, 9.17) is 16.0 Å². The molecule has 2 heterocycles. The number of rotatable bonds is 4. The van der Waals surface area contributed by atoms with Crippen LogP contribution in [0.1, 0.15) is 16.1 Å². The van der Waals surface area contributed by atoms with Crippen LogP contribution in [0.5, 0.6) is 0 Å². The molecule has 4 rings (SSSR count). The van der Waals surface area contributed by atoms with Gasteiger partial charge in [0.15, 0.2) is 10.9 Å². The Bertz CT molecular complexity index is 1150. The Morgan fingerprint density at radius 1 is 1.14 bits per heavy atom. The van der Waals surface area contributed by atoms with Crippen LogP contribution in [0.25, 0.3) is 22.6 Å². The molecule has 4 aromatic rings. The number of thiazole rings is 1. The van der Waals surface area contributed by atoms with E-state index >= 15 is 0 Å². The highest BCUT2D eigenvalue weighted by Gasteiger charge is 2.16. The van der Waals surface area contributed by atoms with Crippen LogP contribution >= 0.6 is 38.9 Å². The number of aromatic nitrogens is 1. The Balaban J connectivity index is 1.51. The number of carbonyl (C=O) groups is 1. The maximum atomic E-state index is 12.5. The van der Waals surface area contributed by atoms with E-state index in [0.29, 0.717) is 15.9 Å². The summed E-state index contributed by atoms with van der Waals surface area (Å²) in [6.45, 7) is 1.92. The van der Waals surface area contributed by atoms with Crippen LogP contribution in [-0.4, -0.2) is 10.9 Å². The summed E-state index contributed by atoms with van der Waals surface area (Å²) in [6, 6.07) is 16.8. The smallest absolute Gasteiger partial charge is 0.293 e. The summed E-state index contributed by atoms with van der Waals surface area (Å²) >= 11 is 11.0. The number of carbonyl (C=O) groups excluding carboxylic acids is 1. The largest absolute Gasteiger partial charge is 0.451 e. The van der Waals surface area contributed by atoms with Gasteiger partial charge in [-0.25, -0.2) is 4.98 Å². The number of hydrogen-bond acceptors (Lipinski definition) is 4. The van der Waals surface area contributed by atoms with Crippen molar-refractivity contribution in [1.82, 2.24) is 4.98 Å². The quantitative estimate of drug-likeness (QED) is 0.345. The third-order valence-electron chi connectivity index (χ3n) is 4.23. The van der Waals surface area contributed by atoms with Gasteiger partial charge in [0.2, 0.25) is 0 Å². The molecule has 0 unspecified atom stereocenters. The first kappa shape index (κ1) is 18.9. The van der Waals surface area contributed by atoms with Crippen LogP contribution in [0.2, 0.25) is 5.02 Å². The van der Waals surface area contributed by atoms with Crippen molar-refractivity contribution in [3.8, 4) is 22.6 Å². The second-order valence-corrected chi connectivity index (χ2v) is 8.26. The number of amides is 1. The van der Waals surface area contributed by atoms with Gasteiger partial charge in [0.25, 0.3) is 5.91 Å². The van der Waals surface area contributed by atoms with E-state index in [1.165, 1.54) is 11.3 Å². The third-order valence-corrected chi connectivity index (χ3v) is 5.92. The molecule has 0 atom stereocenters. The lowest BCUT2D eigenvalue weighted by atomic mass is 10.1. The number of furan rings is 1. The van der Waals surface area contributed by atoms with Gasteiger partial charge in [-0.2, -0.15) is 0 Å². The average Bonchev–Trinajstić information content (AvgIpc) is 3.34. The van der Waals surface area contributed by atoms with E-state index in [2.05, 4.69) is 26.2 Å². The topological polar surface area (TPSA) is 55.1 Å². The van der Waals surface area contributed by atoms with E-state index < -0.39 is 0 Å². The van der Waals surface area contributed by atoms with Gasteiger partial charge in [-0.05, 0) is 42.8 Å². The molecule has 0 aliphatic carbocycles. The van der Waals surface area contributed by atoms with Crippen molar-refractivity contribution in [3.05, 3.63) is 80.8 Å². The molecule has 0 saturated carbocycles. The second-order valence-electron chi connectivity index (χ2n) is 6.08. The fourth-order valence-corrected chi connectivity index (χ4v) is 3.88. The lowest BCUT2D eigenvalue weighted by Gasteiger charge is -2.04. The number of benzene rings is 2. The van der Waals surface area contributed by atoms with Gasteiger partial charge in [0.1, 0.15) is 5.76 Å². The zero-order chi connectivity index (χ0) is 19.7. The second kappa shape index (κ2) is 7.91. The van der Waals surface area contributed by atoms with E-state index in [-0.39, 0.29) is 11.7 Å². The molecule has 28 heavy (non-hydrogen) atoms. The minimum Gasteiger partial charge on any atom is -0.451 e. The molecule has 0 spiro atoms. The van der Waals surface area contributed by atoms with Crippen LogP contribution in [-0.2, 0) is 0 Å². The van der Waals surface area contributed by atoms with E-state index in [1.54, 1.807) is 12.1 Å². The Labute approximate surface area is 179 Å². The zero-order valence-corrected chi connectivity index (χ0v) is 17.9. The summed E-state index contributed by atoms with van der Waals surface area (Å²) in [4.78, 5) is 17.0. The molecule has 2 aromatic carbocycles. The number of nitrogens with zero attached hydrogens (tertiary/aromatic N) is 1. The average molecular weight is 474 g/mol. The molecule has 0 bridgehead atoms. The molecule has 0 fully saturated rings. The van der Waals surface area contributed by atoms with E-state index in [1.807, 2.05) is 54.8 Å². The molecular weight excluding hydrogens is 460 g/mol. The Kier molecular flexibility index (Phi) is 5.35. The van der Waals surface area contributed by atoms with Crippen LogP contribution in [0.15, 0.2) is 68.9 Å². The van der Waals surface area contributed by atoms with Gasteiger partial charge in [-0.1, -0.05) is 51.8 Å². The molecule has 4 nitrogen and oxygen atoms in total. The van der Waals surface area contributed by atoms with Gasteiger partial charge < -0.3 is 4.42 Å². The fraction of sp³-hybridized carbons (Fsp3) is 0.0476. The maximum absolute atomic E-state index is 12.5. The van der Waals surface area contributed by atoms with Crippen molar-refractivity contribution in [2.75, 3.05) is 5.32 Å². The van der Waals surface area contributed by atoms with Crippen molar-refractivity contribution in [3.63, 3.8) is 0 Å². The molecular formula is C21H14BrClN2O2S. The molecule has 2 aromatic heterocycles. The fourth-order valence-electron chi connectivity index (χ4n) is 2.72. The van der Waals surface area contributed by atoms with Gasteiger partial charge >= 0.3 is 0 Å². The lowest BCUT2D eigenvalue weighted by Crippen LogP contribution is -2.10. The number of halogens is 2. The zero-order valence-electron chi connectivity index (χ0n) is 14.7. The van der Waals surface area contributed by atoms with Gasteiger partial charge in [0.05, 0.1) is 5.69 Å². The van der Waals surface area contributed by atoms with Crippen molar-refractivity contribution in [1.29, 1.82) is 0 Å². The Morgan fingerprint density at radius 2 is 1.93 bits per heavy atom. The van der Waals surface area contributed by atoms with Crippen LogP contribution in [0, 0.1) is 6.92 Å². The number of hydrogen-bond donors (Lipinski definition) is 1. The molecule has 0 radical (unpaired) electrons. The summed E-state index contributed by atoms with van der Waals surface area (Å²) in [5.41, 5.74) is 3.56. The number of nitrogens with one attached hydrogen (secondary N) is 1. The highest BCUT2D eigenvalue weighted by molar-refractivity contribution is 9.10. The lowest BCUT2D eigenvalue weighted by molar-refractivity contribution is 0.0997. The Morgan fingerprint density at radius 3 is 2.71 bits per heavy atom. The molecule has 140 valence electrons. The summed E-state index contributed by atoms with van der Waals surface area (Å²) in [6.07, 6.45) is 0. The third kappa shape index (κ3) is 3.90. The van der Waals surface area contributed by atoms with E-state index in [9.17, 15) is 4.79 Å². The maximum Gasteiger partial charge on any atom is 0.293 e. The standard InChI is InChI=1S/C21H14BrClN2O2S/c1-12-15(3-2-4-16(12)23)18-9-10-19(27-18)20(26)25-21-24-17(11-28-21)13-5-7-14(22)8-6-13/h2-11H,1H3,(H,24,25,26). The summed E-state index contributed by atoms with van der Waals surface area (Å²) in [5.74, 6) is 0.470. The van der Waals surface area contributed by atoms with Crippen LogP contribution in [0.3, 0.4) is 0 Å². The summed E-state index contributed by atoms with van der Waals surface area (Å²) < 4.78 is 6.75. The molecule has 0 saturated heterocycles. The van der Waals surface area contributed by atoms with Gasteiger partial charge in [-0.3, -0.25) is 10.1 Å². The van der Waals surface area contributed by atoms with E-state index in [0.717, 1.165) is 26.9 Å². The predicted octanol–water partition coefficient (Wildman–Crippen LogP) is 7.05. The van der Waals surface area contributed by atoms with Crippen LogP contribution in [0.4, 0.5) is 5.13 Å². The van der Waals surface area contributed by atoms with Crippen molar-refractivity contribution in [2.45, 2.75) is 6.92 Å². The van der Waals surface area contributed by atoms with Crippen LogP contribution < -0.4 is 5.32 Å². The molecule has 0 aliphatic heterocycles.